The predicted octanol–water partition coefficient (Wildman–Crippen LogP) is 1.32. The molecule has 1 aromatic rings. The summed E-state index contributed by atoms with van der Waals surface area (Å²) in [5.74, 6) is -2.41. The fraction of sp³-hybridized carbons (Fsp3) is 0.0714. The van der Waals surface area contributed by atoms with Crippen LogP contribution in [0.15, 0.2) is 53.6 Å². The molecule has 0 heterocycles. The fourth-order valence-corrected chi connectivity index (χ4v) is 1.82. The van der Waals surface area contributed by atoms with Crippen LogP contribution in [0.2, 0.25) is 0 Å². The quantitative estimate of drug-likeness (QED) is 0.641. The van der Waals surface area contributed by atoms with Gasteiger partial charge in [-0.15, -0.1) is 0 Å². The Morgan fingerprint density at radius 2 is 1.61 bits per heavy atom. The molecule has 0 spiro atoms. The zero-order valence-corrected chi connectivity index (χ0v) is 9.42. The number of aliphatic carboxylic acids is 1. The molecule has 0 unspecified atom stereocenters. The molecule has 4 nitrogen and oxygen atoms in total. The third-order valence-electron chi connectivity index (χ3n) is 2.67. The van der Waals surface area contributed by atoms with Crippen molar-refractivity contribution < 1.29 is 19.5 Å². The minimum atomic E-state index is -1.36. The molecule has 1 aromatic carbocycles. The molecule has 4 heteroatoms. The van der Waals surface area contributed by atoms with Crippen LogP contribution in [0.25, 0.3) is 0 Å². The molecule has 0 aliphatic heterocycles. The second-order valence-corrected chi connectivity index (χ2v) is 3.88. The first kappa shape index (κ1) is 12.0. The summed E-state index contributed by atoms with van der Waals surface area (Å²) in [4.78, 5) is 34.2. The number of carboxylic acids is 1. The standard InChI is InChI=1S/C14H10O4/c15-11-6-7-12(16)13(14(17)18)10(11)8-9-4-2-1-3-5-9/h1-7H,8H2,(H,17,18). The Morgan fingerprint density at radius 3 is 2.22 bits per heavy atom. The molecule has 0 radical (unpaired) electrons. The lowest BCUT2D eigenvalue weighted by Gasteiger charge is -2.11. The van der Waals surface area contributed by atoms with Crippen LogP contribution in [0.3, 0.4) is 0 Å². The first-order valence-corrected chi connectivity index (χ1v) is 5.36. The van der Waals surface area contributed by atoms with Gasteiger partial charge in [-0.1, -0.05) is 30.3 Å². The van der Waals surface area contributed by atoms with Gasteiger partial charge in [0.25, 0.3) is 0 Å². The van der Waals surface area contributed by atoms with Crippen molar-refractivity contribution >= 4 is 17.5 Å². The Kier molecular flexibility index (Phi) is 3.19. The Labute approximate surface area is 103 Å². The molecule has 0 atom stereocenters. The van der Waals surface area contributed by atoms with Gasteiger partial charge >= 0.3 is 5.97 Å². The summed E-state index contributed by atoms with van der Waals surface area (Å²) in [6.07, 6.45) is 2.27. The van der Waals surface area contributed by atoms with Gasteiger partial charge in [-0.3, -0.25) is 9.59 Å². The van der Waals surface area contributed by atoms with E-state index in [-0.39, 0.29) is 12.0 Å². The van der Waals surface area contributed by atoms with Crippen molar-refractivity contribution in [1.82, 2.24) is 0 Å². The average Bonchev–Trinajstić information content (AvgIpc) is 2.35. The molecule has 0 fully saturated rings. The van der Waals surface area contributed by atoms with E-state index < -0.39 is 23.1 Å². The Balaban J connectivity index is 2.43. The van der Waals surface area contributed by atoms with Crippen molar-refractivity contribution in [3.05, 3.63) is 59.2 Å². The largest absolute Gasteiger partial charge is 0.478 e. The van der Waals surface area contributed by atoms with Gasteiger partial charge in [0, 0.05) is 12.0 Å². The van der Waals surface area contributed by atoms with E-state index in [1.54, 1.807) is 24.3 Å². The van der Waals surface area contributed by atoms with Gasteiger partial charge in [0.1, 0.15) is 5.57 Å². The first-order valence-electron chi connectivity index (χ1n) is 5.36. The van der Waals surface area contributed by atoms with E-state index in [1.807, 2.05) is 6.07 Å². The highest BCUT2D eigenvalue weighted by molar-refractivity contribution is 6.30. The number of hydrogen-bond acceptors (Lipinski definition) is 3. The van der Waals surface area contributed by atoms with Gasteiger partial charge in [0.05, 0.1) is 0 Å². The molecule has 0 aromatic heterocycles. The maximum absolute atomic E-state index is 11.7. The van der Waals surface area contributed by atoms with E-state index in [0.717, 1.165) is 17.7 Å². The number of hydrogen-bond donors (Lipinski definition) is 1. The number of allylic oxidation sites excluding steroid dienone is 3. The molecule has 0 bridgehead atoms. The first-order chi connectivity index (χ1) is 8.59. The predicted molar refractivity (Wildman–Crippen MR) is 64.0 cm³/mol. The smallest absolute Gasteiger partial charge is 0.340 e. The zero-order valence-electron chi connectivity index (χ0n) is 9.42. The zero-order chi connectivity index (χ0) is 13.1. The van der Waals surface area contributed by atoms with Crippen LogP contribution in [0, 0.1) is 0 Å². The van der Waals surface area contributed by atoms with E-state index in [9.17, 15) is 14.4 Å². The molecular formula is C14H10O4. The highest BCUT2D eigenvalue weighted by atomic mass is 16.4. The lowest BCUT2D eigenvalue weighted by atomic mass is 9.90. The van der Waals surface area contributed by atoms with E-state index in [1.165, 1.54) is 0 Å². The SMILES string of the molecule is O=C(O)C1=C(Cc2ccccc2)C(=O)C=CC1=O. The summed E-state index contributed by atoms with van der Waals surface area (Å²) < 4.78 is 0. The molecule has 0 saturated heterocycles. The second kappa shape index (κ2) is 4.79. The van der Waals surface area contributed by atoms with Crippen LogP contribution in [0.1, 0.15) is 5.56 Å². The van der Waals surface area contributed by atoms with E-state index in [2.05, 4.69) is 0 Å². The fourth-order valence-electron chi connectivity index (χ4n) is 1.82. The van der Waals surface area contributed by atoms with Crippen LogP contribution < -0.4 is 0 Å². The lowest BCUT2D eigenvalue weighted by molar-refractivity contribution is -0.134. The average molecular weight is 242 g/mol. The van der Waals surface area contributed by atoms with Gasteiger partial charge < -0.3 is 5.11 Å². The second-order valence-electron chi connectivity index (χ2n) is 3.88. The van der Waals surface area contributed by atoms with Crippen molar-refractivity contribution in [3.63, 3.8) is 0 Å². The molecule has 90 valence electrons. The van der Waals surface area contributed by atoms with Crippen molar-refractivity contribution in [2.24, 2.45) is 0 Å². The van der Waals surface area contributed by atoms with Crippen molar-refractivity contribution in [1.29, 1.82) is 0 Å². The molecule has 18 heavy (non-hydrogen) atoms. The van der Waals surface area contributed by atoms with Crippen molar-refractivity contribution in [2.75, 3.05) is 0 Å². The number of carboxylic acid groups (broad SMARTS) is 1. The monoisotopic (exact) mass is 242 g/mol. The summed E-state index contributed by atoms with van der Waals surface area (Å²) in [5, 5.41) is 9.01. The Bertz CT molecular complexity index is 579. The van der Waals surface area contributed by atoms with E-state index >= 15 is 0 Å². The number of rotatable bonds is 3. The topological polar surface area (TPSA) is 71.4 Å². The van der Waals surface area contributed by atoms with Crippen LogP contribution in [-0.4, -0.2) is 22.6 Å². The van der Waals surface area contributed by atoms with Crippen LogP contribution in [0.5, 0.6) is 0 Å². The normalized spacial score (nSPS) is 15.1. The minimum Gasteiger partial charge on any atom is -0.478 e. The third-order valence-corrected chi connectivity index (χ3v) is 2.67. The summed E-state index contributed by atoms with van der Waals surface area (Å²) in [7, 11) is 0. The van der Waals surface area contributed by atoms with Crippen LogP contribution in [-0.2, 0) is 20.8 Å². The third kappa shape index (κ3) is 2.27. The number of carbonyl (C=O) groups excluding carboxylic acids is 2. The Morgan fingerprint density at radius 1 is 1.00 bits per heavy atom. The van der Waals surface area contributed by atoms with Crippen molar-refractivity contribution in [3.8, 4) is 0 Å². The number of ketones is 2. The Hall–Kier alpha value is -2.49. The highest BCUT2D eigenvalue weighted by Crippen LogP contribution is 2.19. The van der Waals surface area contributed by atoms with Crippen LogP contribution >= 0.6 is 0 Å². The molecule has 0 amide bonds. The summed E-state index contributed by atoms with van der Waals surface area (Å²) >= 11 is 0. The van der Waals surface area contributed by atoms with Gasteiger partial charge in [-0.05, 0) is 17.7 Å². The minimum absolute atomic E-state index is 0.0428. The summed E-state index contributed by atoms with van der Waals surface area (Å²) in [6, 6.07) is 8.97. The molecule has 1 N–H and O–H groups in total. The molecular weight excluding hydrogens is 232 g/mol. The lowest BCUT2D eigenvalue weighted by Crippen LogP contribution is -2.21. The number of carbonyl (C=O) groups is 3. The van der Waals surface area contributed by atoms with Crippen LogP contribution in [0.4, 0.5) is 0 Å². The molecule has 2 rings (SSSR count). The molecule has 1 aliphatic carbocycles. The number of benzene rings is 1. The highest BCUT2D eigenvalue weighted by Gasteiger charge is 2.27. The maximum Gasteiger partial charge on any atom is 0.340 e. The summed E-state index contributed by atoms with van der Waals surface area (Å²) in [6.45, 7) is 0. The van der Waals surface area contributed by atoms with Gasteiger partial charge in [-0.25, -0.2) is 4.79 Å². The molecule has 0 saturated carbocycles. The van der Waals surface area contributed by atoms with E-state index in [4.69, 9.17) is 5.11 Å². The van der Waals surface area contributed by atoms with E-state index in [0.29, 0.717) is 0 Å². The van der Waals surface area contributed by atoms with Gasteiger partial charge in [-0.2, -0.15) is 0 Å². The van der Waals surface area contributed by atoms with Gasteiger partial charge in [0.2, 0.25) is 0 Å². The van der Waals surface area contributed by atoms with Crippen molar-refractivity contribution in [2.45, 2.75) is 6.42 Å². The maximum atomic E-state index is 11.7. The van der Waals surface area contributed by atoms with Gasteiger partial charge in [0.15, 0.2) is 11.6 Å². The molecule has 1 aliphatic rings. The summed E-state index contributed by atoms with van der Waals surface area (Å²) in [5.41, 5.74) is 0.412.